The fraction of sp³-hybridized carbons (Fsp3) is 0.455. The van der Waals surface area contributed by atoms with E-state index in [4.69, 9.17) is 4.98 Å². The van der Waals surface area contributed by atoms with Crippen molar-refractivity contribution in [1.29, 1.82) is 0 Å². The number of piperazine rings is 1. The predicted octanol–water partition coefficient (Wildman–Crippen LogP) is 2.84. The average Bonchev–Trinajstić information content (AvgIpc) is 3.21. The second kappa shape index (κ2) is 7.68. The van der Waals surface area contributed by atoms with Gasteiger partial charge in [-0.3, -0.25) is 4.79 Å². The maximum Gasteiger partial charge on any atom is 0.256 e. The molecule has 1 fully saturated rings. The molecule has 5 nitrogen and oxygen atoms in total. The van der Waals surface area contributed by atoms with Crippen LogP contribution in [0.4, 0.5) is 0 Å². The summed E-state index contributed by atoms with van der Waals surface area (Å²) in [4.78, 5) is 21.4. The van der Waals surface area contributed by atoms with Gasteiger partial charge in [0.05, 0.1) is 42.0 Å². The molecular weight excluding hydrogens is 368 g/mol. The van der Waals surface area contributed by atoms with Crippen molar-refractivity contribution in [3.63, 3.8) is 0 Å². The molecule has 1 saturated heterocycles. The van der Waals surface area contributed by atoms with E-state index in [2.05, 4.69) is 56.5 Å². The molecule has 0 unspecified atom stereocenters. The standard InChI is InChI=1S/C22H28N4OS/c1-15(2)26-16(3)13-18(17(26)4)22(27)25-11-9-24(10-12-25)14-21-23-19-7-5-6-8-20(19)28-21/h5-8,13,15H,9-12,14H2,1-4H3/p+1. The molecule has 1 amide bonds. The number of para-hydroxylation sites is 1. The minimum absolute atomic E-state index is 0.180. The summed E-state index contributed by atoms with van der Waals surface area (Å²) >= 11 is 1.79. The van der Waals surface area contributed by atoms with Gasteiger partial charge in [0, 0.05) is 17.4 Å². The molecule has 1 N–H and O–H groups in total. The van der Waals surface area contributed by atoms with Crippen molar-refractivity contribution >= 4 is 27.5 Å². The first-order valence-corrected chi connectivity index (χ1v) is 10.9. The molecule has 0 radical (unpaired) electrons. The molecule has 0 atom stereocenters. The average molecular weight is 398 g/mol. The summed E-state index contributed by atoms with van der Waals surface area (Å²) in [5.74, 6) is 0.180. The lowest BCUT2D eigenvalue weighted by Gasteiger charge is -2.32. The number of nitrogens with zero attached hydrogens (tertiary/aromatic N) is 3. The van der Waals surface area contributed by atoms with Crippen LogP contribution in [0.25, 0.3) is 10.2 Å². The summed E-state index contributed by atoms with van der Waals surface area (Å²) in [5.41, 5.74) is 4.20. The number of aryl methyl sites for hydroxylation is 1. The molecule has 6 heteroatoms. The van der Waals surface area contributed by atoms with Gasteiger partial charge in [-0.25, -0.2) is 4.98 Å². The molecule has 3 aromatic rings. The van der Waals surface area contributed by atoms with Crippen LogP contribution in [0.1, 0.15) is 46.6 Å². The number of amides is 1. The molecule has 4 rings (SSSR count). The predicted molar refractivity (Wildman–Crippen MR) is 114 cm³/mol. The van der Waals surface area contributed by atoms with Crippen molar-refractivity contribution < 1.29 is 9.69 Å². The van der Waals surface area contributed by atoms with E-state index < -0.39 is 0 Å². The second-order valence-corrected chi connectivity index (χ2v) is 9.16. The Kier molecular flexibility index (Phi) is 5.25. The Labute approximate surface area is 170 Å². The van der Waals surface area contributed by atoms with Crippen molar-refractivity contribution in [2.24, 2.45) is 0 Å². The molecule has 0 saturated carbocycles. The van der Waals surface area contributed by atoms with Gasteiger partial charge < -0.3 is 14.4 Å². The Morgan fingerprint density at radius 2 is 1.93 bits per heavy atom. The minimum Gasteiger partial charge on any atom is -0.346 e. The van der Waals surface area contributed by atoms with Crippen molar-refractivity contribution in [2.75, 3.05) is 26.2 Å². The molecule has 0 bridgehead atoms. The lowest BCUT2D eigenvalue weighted by atomic mass is 10.2. The zero-order valence-electron chi connectivity index (χ0n) is 17.2. The van der Waals surface area contributed by atoms with Gasteiger partial charge in [0.25, 0.3) is 5.91 Å². The van der Waals surface area contributed by atoms with E-state index in [0.717, 1.165) is 55.2 Å². The number of thiazole rings is 1. The van der Waals surface area contributed by atoms with Crippen LogP contribution >= 0.6 is 11.3 Å². The number of carbonyl (C=O) groups excluding carboxylic acids is 1. The van der Waals surface area contributed by atoms with Gasteiger partial charge in [-0.05, 0) is 45.9 Å². The molecule has 1 aliphatic heterocycles. The molecule has 1 aliphatic rings. The van der Waals surface area contributed by atoms with Crippen LogP contribution < -0.4 is 4.90 Å². The first-order valence-electron chi connectivity index (χ1n) is 10.1. The van der Waals surface area contributed by atoms with Crippen LogP contribution in [-0.2, 0) is 6.54 Å². The summed E-state index contributed by atoms with van der Waals surface area (Å²) in [6.45, 7) is 13.0. The number of benzene rings is 1. The minimum atomic E-state index is 0.180. The van der Waals surface area contributed by atoms with Gasteiger partial charge in [0.2, 0.25) is 0 Å². The third kappa shape index (κ3) is 3.59. The number of hydrogen-bond donors (Lipinski definition) is 1. The van der Waals surface area contributed by atoms with Crippen molar-refractivity contribution in [2.45, 2.75) is 40.3 Å². The maximum atomic E-state index is 13.1. The van der Waals surface area contributed by atoms with E-state index in [1.54, 1.807) is 11.3 Å². The molecular formula is C22H29N4OS+. The SMILES string of the molecule is Cc1cc(C(=O)N2CC[NH+](Cc3nc4ccccc4s3)CC2)c(C)n1C(C)C. The topological polar surface area (TPSA) is 42.6 Å². The number of hydrogen-bond acceptors (Lipinski definition) is 3. The highest BCUT2D eigenvalue weighted by atomic mass is 32.1. The maximum absolute atomic E-state index is 13.1. The number of quaternary nitrogens is 1. The second-order valence-electron chi connectivity index (χ2n) is 8.04. The number of rotatable bonds is 4. The Balaban J connectivity index is 1.40. The van der Waals surface area contributed by atoms with Crippen molar-refractivity contribution in [3.8, 4) is 0 Å². The van der Waals surface area contributed by atoms with Gasteiger partial charge in [-0.15, -0.1) is 11.3 Å². The summed E-state index contributed by atoms with van der Waals surface area (Å²) < 4.78 is 3.51. The van der Waals surface area contributed by atoms with E-state index in [1.807, 2.05) is 11.0 Å². The normalized spacial score (nSPS) is 15.7. The van der Waals surface area contributed by atoms with Crippen LogP contribution in [0, 0.1) is 13.8 Å². The fourth-order valence-corrected chi connectivity index (χ4v) is 5.41. The van der Waals surface area contributed by atoms with E-state index in [9.17, 15) is 4.79 Å². The summed E-state index contributed by atoms with van der Waals surface area (Å²) in [6.07, 6.45) is 0. The number of aromatic nitrogens is 2. The molecule has 2 aromatic heterocycles. The third-order valence-electron chi connectivity index (χ3n) is 5.73. The quantitative estimate of drug-likeness (QED) is 0.736. The monoisotopic (exact) mass is 397 g/mol. The van der Waals surface area contributed by atoms with E-state index in [1.165, 1.54) is 14.6 Å². The molecule has 1 aromatic carbocycles. The highest BCUT2D eigenvalue weighted by molar-refractivity contribution is 7.18. The van der Waals surface area contributed by atoms with Gasteiger partial charge in [-0.1, -0.05) is 12.1 Å². The van der Waals surface area contributed by atoms with Gasteiger partial charge in [0.1, 0.15) is 11.6 Å². The molecule has 0 aliphatic carbocycles. The van der Waals surface area contributed by atoms with E-state index >= 15 is 0 Å². The number of fused-ring (bicyclic) bond motifs is 1. The number of nitrogens with one attached hydrogen (secondary N) is 1. The highest BCUT2D eigenvalue weighted by Crippen LogP contribution is 2.22. The Hall–Kier alpha value is -2.18. The van der Waals surface area contributed by atoms with E-state index in [-0.39, 0.29) is 5.91 Å². The van der Waals surface area contributed by atoms with Gasteiger partial charge in [0.15, 0.2) is 0 Å². The number of carbonyl (C=O) groups is 1. The third-order valence-corrected chi connectivity index (χ3v) is 6.76. The van der Waals surface area contributed by atoms with Crippen LogP contribution in [0.15, 0.2) is 30.3 Å². The first-order chi connectivity index (χ1) is 13.4. The zero-order chi connectivity index (χ0) is 19.8. The highest BCUT2D eigenvalue weighted by Gasteiger charge is 2.27. The van der Waals surface area contributed by atoms with Gasteiger partial charge >= 0.3 is 0 Å². The van der Waals surface area contributed by atoms with Crippen molar-refractivity contribution in [1.82, 2.24) is 14.5 Å². The Morgan fingerprint density at radius 3 is 2.57 bits per heavy atom. The van der Waals surface area contributed by atoms with Gasteiger partial charge in [-0.2, -0.15) is 0 Å². The van der Waals surface area contributed by atoms with E-state index in [0.29, 0.717) is 6.04 Å². The molecule has 0 spiro atoms. The van der Waals surface area contributed by atoms with Crippen LogP contribution in [0.5, 0.6) is 0 Å². The van der Waals surface area contributed by atoms with Crippen LogP contribution in [0.3, 0.4) is 0 Å². The summed E-state index contributed by atoms with van der Waals surface area (Å²) in [5, 5.41) is 1.19. The first kappa shape index (κ1) is 19.2. The Morgan fingerprint density at radius 1 is 1.21 bits per heavy atom. The zero-order valence-corrected chi connectivity index (χ0v) is 18.0. The van der Waals surface area contributed by atoms with Crippen molar-refractivity contribution in [3.05, 3.63) is 52.3 Å². The summed E-state index contributed by atoms with van der Waals surface area (Å²) in [7, 11) is 0. The fourth-order valence-electron chi connectivity index (χ4n) is 4.37. The largest absolute Gasteiger partial charge is 0.346 e. The van der Waals surface area contributed by atoms with Crippen LogP contribution in [-0.4, -0.2) is 46.5 Å². The lowest BCUT2D eigenvalue weighted by molar-refractivity contribution is -0.917. The lowest BCUT2D eigenvalue weighted by Crippen LogP contribution is -3.13. The Bertz CT molecular complexity index is 962. The molecule has 148 valence electrons. The van der Waals surface area contributed by atoms with Crippen LogP contribution in [0.2, 0.25) is 0 Å². The smallest absolute Gasteiger partial charge is 0.256 e. The molecule has 3 heterocycles. The molecule has 28 heavy (non-hydrogen) atoms. The summed E-state index contributed by atoms with van der Waals surface area (Å²) in [6, 6.07) is 10.7.